The van der Waals surface area contributed by atoms with Gasteiger partial charge >= 0.3 is 12.6 Å². The van der Waals surface area contributed by atoms with E-state index in [9.17, 15) is 18.4 Å². The first-order valence-electron chi connectivity index (χ1n) is 4.87. The lowest BCUT2D eigenvalue weighted by molar-refractivity contribution is -0.131. The second-order valence-corrected chi connectivity index (χ2v) is 3.22. The van der Waals surface area contributed by atoms with Gasteiger partial charge in [0.1, 0.15) is 11.8 Å². The standard InChI is InChI=1S/C12H7F2NO4/c13-12(14)19-10-3-1-7(2-4-11(17)18)8(5-15)9(10)6-16/h1-4,6,12H,(H,17,18)/b4-2+. The van der Waals surface area contributed by atoms with Crippen LogP contribution in [0.1, 0.15) is 21.5 Å². The molecule has 1 N–H and O–H groups in total. The molecule has 1 aromatic rings. The number of hydrogen-bond acceptors (Lipinski definition) is 4. The molecular weight excluding hydrogens is 260 g/mol. The lowest BCUT2D eigenvalue weighted by Crippen LogP contribution is -2.06. The molecule has 0 aromatic heterocycles. The number of ether oxygens (including phenoxy) is 1. The van der Waals surface area contributed by atoms with Crippen LogP contribution >= 0.6 is 0 Å². The van der Waals surface area contributed by atoms with Crippen LogP contribution < -0.4 is 4.74 Å². The maximum atomic E-state index is 12.1. The summed E-state index contributed by atoms with van der Waals surface area (Å²) in [7, 11) is 0. The third kappa shape index (κ3) is 3.61. The molecule has 7 heteroatoms. The molecule has 0 saturated carbocycles. The fourth-order valence-corrected chi connectivity index (χ4v) is 1.36. The van der Waals surface area contributed by atoms with E-state index in [4.69, 9.17) is 10.4 Å². The van der Waals surface area contributed by atoms with Gasteiger partial charge in [0.2, 0.25) is 0 Å². The number of aldehydes is 1. The predicted molar refractivity (Wildman–Crippen MR) is 59.8 cm³/mol. The van der Waals surface area contributed by atoms with E-state index in [1.54, 1.807) is 6.07 Å². The fourth-order valence-electron chi connectivity index (χ4n) is 1.36. The maximum absolute atomic E-state index is 12.1. The lowest BCUT2D eigenvalue weighted by atomic mass is 10.0. The monoisotopic (exact) mass is 267 g/mol. The Bertz CT molecular complexity index is 576. The summed E-state index contributed by atoms with van der Waals surface area (Å²) >= 11 is 0. The maximum Gasteiger partial charge on any atom is 0.387 e. The number of benzene rings is 1. The molecule has 0 aliphatic rings. The minimum atomic E-state index is -3.13. The number of hydrogen-bond donors (Lipinski definition) is 1. The number of carboxylic acids is 1. The first kappa shape index (κ1) is 14.3. The number of nitriles is 1. The SMILES string of the molecule is N#Cc1c(/C=C/C(=O)O)ccc(OC(F)F)c1C=O. The molecule has 0 aliphatic heterocycles. The highest BCUT2D eigenvalue weighted by Gasteiger charge is 2.15. The summed E-state index contributed by atoms with van der Waals surface area (Å²) in [6.07, 6.45) is 2.05. The molecule has 1 aromatic carbocycles. The summed E-state index contributed by atoms with van der Waals surface area (Å²) in [5.41, 5.74) is -0.463. The van der Waals surface area contributed by atoms with Gasteiger partial charge in [0, 0.05) is 6.08 Å². The van der Waals surface area contributed by atoms with Crippen LogP contribution in [0, 0.1) is 11.3 Å². The van der Waals surface area contributed by atoms with Gasteiger partial charge < -0.3 is 9.84 Å². The van der Waals surface area contributed by atoms with Crippen molar-refractivity contribution in [2.24, 2.45) is 0 Å². The molecule has 5 nitrogen and oxygen atoms in total. The largest absolute Gasteiger partial charge is 0.478 e. The average Bonchev–Trinajstić information content (AvgIpc) is 2.35. The third-order valence-corrected chi connectivity index (χ3v) is 2.09. The van der Waals surface area contributed by atoms with E-state index in [0.29, 0.717) is 0 Å². The van der Waals surface area contributed by atoms with Crippen LogP contribution in [0.15, 0.2) is 18.2 Å². The van der Waals surface area contributed by atoms with E-state index in [1.165, 1.54) is 6.07 Å². The molecule has 0 unspecified atom stereocenters. The number of carbonyl (C=O) groups is 2. The van der Waals surface area contributed by atoms with E-state index in [2.05, 4.69) is 4.74 Å². The Kier molecular flexibility index (Phi) is 4.71. The van der Waals surface area contributed by atoms with Gasteiger partial charge in [-0.1, -0.05) is 0 Å². The Morgan fingerprint density at radius 2 is 2.16 bits per heavy atom. The van der Waals surface area contributed by atoms with Crippen molar-refractivity contribution in [3.05, 3.63) is 34.9 Å². The molecule has 98 valence electrons. The highest BCUT2D eigenvalue weighted by molar-refractivity contribution is 5.89. The summed E-state index contributed by atoms with van der Waals surface area (Å²) in [4.78, 5) is 21.2. The number of halogens is 2. The fraction of sp³-hybridized carbons (Fsp3) is 0.0833. The molecule has 0 heterocycles. The first-order chi connectivity index (χ1) is 8.99. The van der Waals surface area contributed by atoms with Crippen molar-refractivity contribution in [3.8, 4) is 11.8 Å². The van der Waals surface area contributed by atoms with Crippen molar-refractivity contribution in [3.63, 3.8) is 0 Å². The van der Waals surface area contributed by atoms with Gasteiger partial charge in [0.15, 0.2) is 6.29 Å². The zero-order valence-corrected chi connectivity index (χ0v) is 9.34. The van der Waals surface area contributed by atoms with Crippen LogP contribution in [0.4, 0.5) is 8.78 Å². The highest BCUT2D eigenvalue weighted by atomic mass is 19.3. The van der Waals surface area contributed by atoms with E-state index < -0.39 is 18.3 Å². The van der Waals surface area contributed by atoms with E-state index in [1.807, 2.05) is 0 Å². The summed E-state index contributed by atoms with van der Waals surface area (Å²) in [5.74, 6) is -1.68. The van der Waals surface area contributed by atoms with Crippen LogP contribution in [0.25, 0.3) is 6.08 Å². The molecule has 0 bridgehead atoms. The number of alkyl halides is 2. The number of carbonyl (C=O) groups excluding carboxylic acids is 1. The van der Waals surface area contributed by atoms with Crippen LogP contribution in [0.2, 0.25) is 0 Å². The summed E-state index contributed by atoms with van der Waals surface area (Å²) in [5, 5.41) is 17.4. The van der Waals surface area contributed by atoms with Crippen LogP contribution in [-0.4, -0.2) is 24.0 Å². The summed E-state index contributed by atoms with van der Waals surface area (Å²) < 4.78 is 28.3. The van der Waals surface area contributed by atoms with Crippen molar-refractivity contribution < 1.29 is 28.2 Å². The van der Waals surface area contributed by atoms with E-state index >= 15 is 0 Å². The number of aliphatic carboxylic acids is 1. The number of carboxylic acid groups (broad SMARTS) is 1. The highest BCUT2D eigenvalue weighted by Crippen LogP contribution is 2.26. The Morgan fingerprint density at radius 1 is 1.47 bits per heavy atom. The average molecular weight is 267 g/mol. The molecule has 19 heavy (non-hydrogen) atoms. The molecule has 0 fully saturated rings. The van der Waals surface area contributed by atoms with E-state index in [0.717, 1.165) is 18.2 Å². The van der Waals surface area contributed by atoms with Crippen molar-refractivity contribution in [2.45, 2.75) is 6.61 Å². The predicted octanol–water partition coefficient (Wildman–Crippen LogP) is 2.07. The summed E-state index contributed by atoms with van der Waals surface area (Å²) in [6, 6.07) is 3.93. The van der Waals surface area contributed by atoms with Crippen molar-refractivity contribution in [2.75, 3.05) is 0 Å². The smallest absolute Gasteiger partial charge is 0.387 e. The minimum absolute atomic E-state index is 0.119. The topological polar surface area (TPSA) is 87.4 Å². The molecule has 0 saturated heterocycles. The van der Waals surface area contributed by atoms with Crippen molar-refractivity contribution in [1.82, 2.24) is 0 Å². The van der Waals surface area contributed by atoms with Gasteiger partial charge in [0.25, 0.3) is 0 Å². The van der Waals surface area contributed by atoms with Gasteiger partial charge in [-0.05, 0) is 23.8 Å². The Balaban J connectivity index is 3.35. The van der Waals surface area contributed by atoms with Gasteiger partial charge in [-0.2, -0.15) is 14.0 Å². The Hall–Kier alpha value is -2.75. The zero-order valence-electron chi connectivity index (χ0n) is 9.34. The lowest BCUT2D eigenvalue weighted by Gasteiger charge is -2.09. The molecule has 1 rings (SSSR count). The molecule has 0 spiro atoms. The first-order valence-corrected chi connectivity index (χ1v) is 4.87. The normalized spacial score (nSPS) is 10.4. The van der Waals surface area contributed by atoms with E-state index in [-0.39, 0.29) is 23.0 Å². The number of nitrogens with zero attached hydrogens (tertiary/aromatic N) is 1. The van der Waals surface area contributed by atoms with Gasteiger partial charge in [-0.25, -0.2) is 4.79 Å². The molecule has 0 amide bonds. The quantitative estimate of drug-likeness (QED) is 0.651. The second-order valence-electron chi connectivity index (χ2n) is 3.22. The van der Waals surface area contributed by atoms with Gasteiger partial charge in [-0.3, -0.25) is 4.79 Å². The third-order valence-electron chi connectivity index (χ3n) is 2.09. The van der Waals surface area contributed by atoms with Gasteiger partial charge in [-0.15, -0.1) is 0 Å². The van der Waals surface area contributed by atoms with Crippen LogP contribution in [0.5, 0.6) is 5.75 Å². The molecular formula is C12H7F2NO4. The Morgan fingerprint density at radius 3 is 2.63 bits per heavy atom. The molecule has 0 aliphatic carbocycles. The molecule has 0 radical (unpaired) electrons. The van der Waals surface area contributed by atoms with Gasteiger partial charge in [0.05, 0.1) is 11.1 Å². The molecule has 0 atom stereocenters. The summed E-state index contributed by atoms with van der Waals surface area (Å²) in [6.45, 7) is -3.13. The Labute approximate surface area is 106 Å². The van der Waals surface area contributed by atoms with Crippen molar-refractivity contribution in [1.29, 1.82) is 5.26 Å². The van der Waals surface area contributed by atoms with Crippen molar-refractivity contribution >= 4 is 18.3 Å². The minimum Gasteiger partial charge on any atom is -0.478 e. The second kappa shape index (κ2) is 6.26. The zero-order chi connectivity index (χ0) is 14.4. The van der Waals surface area contributed by atoms with Crippen LogP contribution in [0.3, 0.4) is 0 Å². The van der Waals surface area contributed by atoms with Crippen LogP contribution in [-0.2, 0) is 4.79 Å². The number of rotatable bonds is 5.